The van der Waals surface area contributed by atoms with Crippen molar-refractivity contribution in [3.05, 3.63) is 35.2 Å². The molecule has 16 heavy (non-hydrogen) atoms. The molecular formula is C12H16BrNO2. The number of hydrogen-bond acceptors (Lipinski definition) is 2. The molecule has 0 radical (unpaired) electrons. The Kier molecular flexibility index (Phi) is 3.97. The van der Waals surface area contributed by atoms with Crippen LogP contribution in [0.25, 0.3) is 0 Å². The Morgan fingerprint density at radius 1 is 1.62 bits per heavy atom. The van der Waals surface area contributed by atoms with Gasteiger partial charge in [-0.2, -0.15) is 0 Å². The van der Waals surface area contributed by atoms with Crippen molar-refractivity contribution in [2.45, 2.75) is 26.3 Å². The molecule has 0 aliphatic heterocycles. The first-order valence-electron chi connectivity index (χ1n) is 5.03. The van der Waals surface area contributed by atoms with Crippen LogP contribution in [0.4, 0.5) is 0 Å². The van der Waals surface area contributed by atoms with Gasteiger partial charge in [0.1, 0.15) is 0 Å². The van der Waals surface area contributed by atoms with E-state index in [9.17, 15) is 4.79 Å². The van der Waals surface area contributed by atoms with Crippen LogP contribution in [-0.4, -0.2) is 22.9 Å². The van der Waals surface area contributed by atoms with Gasteiger partial charge in [-0.05, 0) is 42.8 Å². The summed E-state index contributed by atoms with van der Waals surface area (Å²) in [6, 6.07) is 1.66. The number of halogens is 1. The average Bonchev–Trinajstić information content (AvgIpc) is 2.58. The molecule has 0 fully saturated rings. The van der Waals surface area contributed by atoms with Gasteiger partial charge in [-0.15, -0.1) is 6.58 Å². The topological polar surface area (TPSA) is 33.5 Å². The van der Waals surface area contributed by atoms with Crippen molar-refractivity contribution in [1.82, 2.24) is 4.90 Å². The summed E-state index contributed by atoms with van der Waals surface area (Å²) >= 11 is 3.21. The van der Waals surface area contributed by atoms with Crippen molar-refractivity contribution < 1.29 is 9.21 Å². The van der Waals surface area contributed by atoms with E-state index in [1.807, 2.05) is 20.8 Å². The third-order valence-electron chi connectivity index (χ3n) is 2.21. The van der Waals surface area contributed by atoms with E-state index in [0.717, 1.165) is 0 Å². The van der Waals surface area contributed by atoms with Gasteiger partial charge in [-0.1, -0.05) is 6.08 Å². The fraction of sp³-hybridized carbons (Fsp3) is 0.417. The van der Waals surface area contributed by atoms with E-state index in [4.69, 9.17) is 4.42 Å². The van der Waals surface area contributed by atoms with E-state index in [1.165, 1.54) is 6.26 Å². The molecule has 1 aromatic heterocycles. The SMILES string of the molecule is C=CCN(C(=O)c1ccoc1Br)C(C)(C)C. The molecule has 0 N–H and O–H groups in total. The zero-order chi connectivity index (χ0) is 12.3. The van der Waals surface area contributed by atoms with E-state index >= 15 is 0 Å². The number of carbonyl (C=O) groups excluding carboxylic acids is 1. The van der Waals surface area contributed by atoms with Crippen molar-refractivity contribution in [3.63, 3.8) is 0 Å². The summed E-state index contributed by atoms with van der Waals surface area (Å²) in [5.74, 6) is -0.0620. The van der Waals surface area contributed by atoms with Gasteiger partial charge in [0.25, 0.3) is 5.91 Å². The Balaban J connectivity index is 3.01. The van der Waals surface area contributed by atoms with Crippen molar-refractivity contribution in [2.24, 2.45) is 0 Å². The molecule has 0 saturated carbocycles. The first-order chi connectivity index (χ1) is 7.38. The smallest absolute Gasteiger partial charge is 0.259 e. The van der Waals surface area contributed by atoms with Crippen LogP contribution in [0.3, 0.4) is 0 Å². The largest absolute Gasteiger partial charge is 0.457 e. The Hall–Kier alpha value is -1.03. The van der Waals surface area contributed by atoms with Gasteiger partial charge in [-0.25, -0.2) is 0 Å². The van der Waals surface area contributed by atoms with E-state index in [0.29, 0.717) is 16.8 Å². The van der Waals surface area contributed by atoms with Gasteiger partial charge in [0.15, 0.2) is 4.67 Å². The third kappa shape index (κ3) is 2.76. The summed E-state index contributed by atoms with van der Waals surface area (Å²) < 4.78 is 5.54. The standard InChI is InChI=1S/C12H16BrNO2/c1-5-7-14(12(2,3)4)11(15)9-6-8-16-10(9)13/h5-6,8H,1,7H2,2-4H3. The lowest BCUT2D eigenvalue weighted by atomic mass is 10.0. The molecule has 0 aliphatic rings. The molecule has 0 unspecified atom stereocenters. The fourth-order valence-electron chi connectivity index (χ4n) is 1.38. The number of carbonyl (C=O) groups is 1. The molecule has 0 aromatic carbocycles. The van der Waals surface area contributed by atoms with Crippen LogP contribution >= 0.6 is 15.9 Å². The monoisotopic (exact) mass is 285 g/mol. The number of hydrogen-bond donors (Lipinski definition) is 0. The van der Waals surface area contributed by atoms with E-state index in [-0.39, 0.29) is 11.4 Å². The Morgan fingerprint density at radius 2 is 2.25 bits per heavy atom. The number of amides is 1. The second-order valence-electron chi connectivity index (χ2n) is 4.48. The molecule has 88 valence electrons. The minimum atomic E-state index is -0.248. The summed E-state index contributed by atoms with van der Waals surface area (Å²) in [6.07, 6.45) is 3.21. The van der Waals surface area contributed by atoms with E-state index < -0.39 is 0 Å². The highest BCUT2D eigenvalue weighted by molar-refractivity contribution is 9.10. The molecule has 0 atom stereocenters. The highest BCUT2D eigenvalue weighted by Crippen LogP contribution is 2.23. The average molecular weight is 286 g/mol. The highest BCUT2D eigenvalue weighted by atomic mass is 79.9. The molecule has 0 saturated heterocycles. The lowest BCUT2D eigenvalue weighted by Gasteiger charge is -2.34. The summed E-state index contributed by atoms with van der Waals surface area (Å²) in [5, 5.41) is 0. The zero-order valence-electron chi connectivity index (χ0n) is 9.79. The van der Waals surface area contributed by atoms with E-state index in [1.54, 1.807) is 17.0 Å². The summed E-state index contributed by atoms with van der Waals surface area (Å²) in [5.41, 5.74) is 0.291. The van der Waals surface area contributed by atoms with Gasteiger partial charge in [0.05, 0.1) is 11.8 Å². The minimum Gasteiger partial charge on any atom is -0.457 e. The summed E-state index contributed by atoms with van der Waals surface area (Å²) in [4.78, 5) is 14.0. The van der Waals surface area contributed by atoms with Crippen LogP contribution in [0, 0.1) is 0 Å². The maximum Gasteiger partial charge on any atom is 0.259 e. The fourth-order valence-corrected chi connectivity index (χ4v) is 1.79. The third-order valence-corrected chi connectivity index (χ3v) is 2.83. The molecule has 3 nitrogen and oxygen atoms in total. The quantitative estimate of drug-likeness (QED) is 0.797. The van der Waals surface area contributed by atoms with Crippen LogP contribution < -0.4 is 0 Å². The Morgan fingerprint density at radius 3 is 2.62 bits per heavy atom. The van der Waals surface area contributed by atoms with Crippen molar-refractivity contribution in [2.75, 3.05) is 6.54 Å². The lowest BCUT2D eigenvalue weighted by Crippen LogP contribution is -2.45. The second kappa shape index (κ2) is 4.87. The molecular weight excluding hydrogens is 270 g/mol. The number of nitrogens with zero attached hydrogens (tertiary/aromatic N) is 1. The predicted octanol–water partition coefficient (Wildman–Crippen LogP) is 3.47. The van der Waals surface area contributed by atoms with Crippen molar-refractivity contribution >= 4 is 21.8 Å². The van der Waals surface area contributed by atoms with Crippen molar-refractivity contribution in [3.8, 4) is 0 Å². The van der Waals surface area contributed by atoms with Crippen molar-refractivity contribution in [1.29, 1.82) is 0 Å². The maximum atomic E-state index is 12.3. The van der Waals surface area contributed by atoms with Crippen LogP contribution in [0.5, 0.6) is 0 Å². The summed E-state index contributed by atoms with van der Waals surface area (Å²) in [6.45, 7) is 10.2. The van der Waals surface area contributed by atoms with Crippen LogP contribution in [-0.2, 0) is 0 Å². The first kappa shape index (κ1) is 13.0. The van der Waals surface area contributed by atoms with Gasteiger partial charge in [-0.3, -0.25) is 4.79 Å². The van der Waals surface area contributed by atoms with Crippen LogP contribution in [0.15, 0.2) is 34.1 Å². The van der Waals surface area contributed by atoms with Crippen LogP contribution in [0.2, 0.25) is 0 Å². The molecule has 1 aromatic rings. The number of rotatable bonds is 3. The molecule has 4 heteroatoms. The van der Waals surface area contributed by atoms with Gasteiger partial charge in [0, 0.05) is 12.1 Å². The molecule has 1 heterocycles. The molecule has 0 spiro atoms. The lowest BCUT2D eigenvalue weighted by molar-refractivity contribution is 0.0614. The Labute approximate surface area is 104 Å². The second-order valence-corrected chi connectivity index (χ2v) is 5.20. The molecule has 0 aliphatic carbocycles. The highest BCUT2D eigenvalue weighted by Gasteiger charge is 2.28. The van der Waals surface area contributed by atoms with Gasteiger partial charge in [0.2, 0.25) is 0 Å². The first-order valence-corrected chi connectivity index (χ1v) is 5.83. The minimum absolute atomic E-state index is 0.0620. The number of furan rings is 1. The molecule has 1 rings (SSSR count). The van der Waals surface area contributed by atoms with Gasteiger partial charge >= 0.3 is 0 Å². The van der Waals surface area contributed by atoms with Gasteiger partial charge < -0.3 is 9.32 Å². The molecule has 0 bridgehead atoms. The normalized spacial score (nSPS) is 11.2. The van der Waals surface area contributed by atoms with Crippen LogP contribution in [0.1, 0.15) is 31.1 Å². The zero-order valence-corrected chi connectivity index (χ0v) is 11.4. The predicted molar refractivity (Wildman–Crippen MR) is 67.4 cm³/mol. The Bertz CT molecular complexity index is 390. The molecule has 1 amide bonds. The summed E-state index contributed by atoms with van der Waals surface area (Å²) in [7, 11) is 0. The van der Waals surface area contributed by atoms with E-state index in [2.05, 4.69) is 22.5 Å². The maximum absolute atomic E-state index is 12.3.